The summed E-state index contributed by atoms with van der Waals surface area (Å²) in [7, 11) is 0. The molecule has 0 spiro atoms. The van der Waals surface area contributed by atoms with Gasteiger partial charge in [0.15, 0.2) is 5.78 Å². The number of Topliss-reactive ketones (excluding diaryl/α,β-unsaturated/α-hetero) is 1. The number of rotatable bonds is 4. The molecule has 82 valence electrons. The Morgan fingerprint density at radius 3 is 2.75 bits per heavy atom. The van der Waals surface area contributed by atoms with E-state index in [9.17, 15) is 4.79 Å². The summed E-state index contributed by atoms with van der Waals surface area (Å²) >= 11 is 0. The number of para-hydroxylation sites is 1. The highest BCUT2D eigenvalue weighted by Crippen LogP contribution is 2.06. The van der Waals surface area contributed by atoms with Crippen LogP contribution in [0, 0.1) is 0 Å². The fraction of sp³-hybridized carbons (Fsp3) is 0.182. The second kappa shape index (κ2) is 4.67. The molecule has 1 aromatic carbocycles. The number of aromatic nitrogens is 3. The van der Waals surface area contributed by atoms with Crippen molar-refractivity contribution < 1.29 is 4.79 Å². The molecule has 2 N–H and O–H groups in total. The van der Waals surface area contributed by atoms with Gasteiger partial charge in [0.2, 0.25) is 0 Å². The Balaban J connectivity index is 2.23. The molecule has 0 aliphatic carbocycles. The van der Waals surface area contributed by atoms with Crippen LogP contribution in [0.2, 0.25) is 0 Å². The molecule has 1 heterocycles. The van der Waals surface area contributed by atoms with Gasteiger partial charge in [-0.3, -0.25) is 4.79 Å². The van der Waals surface area contributed by atoms with Gasteiger partial charge in [-0.15, -0.1) is 5.10 Å². The maximum atomic E-state index is 11.5. The average molecular weight is 216 g/mol. The summed E-state index contributed by atoms with van der Waals surface area (Å²) < 4.78 is 1.57. The number of hydrogen-bond acceptors (Lipinski definition) is 4. The minimum absolute atomic E-state index is 0.0790. The second-order valence-electron chi connectivity index (χ2n) is 3.35. The van der Waals surface area contributed by atoms with Crippen molar-refractivity contribution in [1.29, 1.82) is 0 Å². The summed E-state index contributed by atoms with van der Waals surface area (Å²) in [4.78, 5) is 11.5. The first kappa shape index (κ1) is 10.5. The van der Waals surface area contributed by atoms with Gasteiger partial charge < -0.3 is 5.73 Å². The third-order valence-corrected chi connectivity index (χ3v) is 2.17. The molecule has 0 fully saturated rings. The lowest BCUT2D eigenvalue weighted by Crippen LogP contribution is -2.08. The number of carbonyl (C=O) groups excluding carboxylic acids is 1. The van der Waals surface area contributed by atoms with Gasteiger partial charge in [0.05, 0.1) is 11.9 Å². The Kier molecular flexibility index (Phi) is 3.07. The van der Waals surface area contributed by atoms with E-state index in [1.165, 1.54) is 0 Å². The predicted molar refractivity (Wildman–Crippen MR) is 59.4 cm³/mol. The molecule has 0 aliphatic rings. The third-order valence-electron chi connectivity index (χ3n) is 2.17. The van der Waals surface area contributed by atoms with Gasteiger partial charge in [0, 0.05) is 6.42 Å². The Labute approximate surface area is 92.9 Å². The van der Waals surface area contributed by atoms with E-state index in [0.29, 0.717) is 18.7 Å². The number of nitrogens with two attached hydrogens (primary N) is 1. The molecule has 0 atom stereocenters. The van der Waals surface area contributed by atoms with Crippen LogP contribution in [0.4, 0.5) is 0 Å². The van der Waals surface area contributed by atoms with E-state index in [-0.39, 0.29) is 5.78 Å². The first-order chi connectivity index (χ1) is 7.81. The number of benzene rings is 1. The monoisotopic (exact) mass is 216 g/mol. The lowest BCUT2D eigenvalue weighted by atomic mass is 10.2. The molecular formula is C11H12N4O. The molecule has 16 heavy (non-hydrogen) atoms. The number of hydrogen-bond donors (Lipinski definition) is 1. The molecule has 0 aliphatic heterocycles. The molecular weight excluding hydrogens is 204 g/mol. The minimum atomic E-state index is -0.0790. The number of ketones is 1. The van der Waals surface area contributed by atoms with Crippen molar-refractivity contribution in [2.45, 2.75) is 6.42 Å². The van der Waals surface area contributed by atoms with E-state index in [1.54, 1.807) is 10.9 Å². The van der Waals surface area contributed by atoms with E-state index in [2.05, 4.69) is 10.3 Å². The zero-order chi connectivity index (χ0) is 11.4. The smallest absolute Gasteiger partial charge is 0.185 e. The van der Waals surface area contributed by atoms with Crippen LogP contribution >= 0.6 is 0 Å². The van der Waals surface area contributed by atoms with Crippen LogP contribution in [0.25, 0.3) is 5.69 Å². The lowest BCUT2D eigenvalue weighted by molar-refractivity contribution is 0.0980. The summed E-state index contributed by atoms with van der Waals surface area (Å²) in [5, 5.41) is 7.71. The van der Waals surface area contributed by atoms with Crippen molar-refractivity contribution >= 4 is 5.78 Å². The zero-order valence-electron chi connectivity index (χ0n) is 8.71. The molecule has 5 heteroatoms. The van der Waals surface area contributed by atoms with Crippen molar-refractivity contribution in [1.82, 2.24) is 15.0 Å². The van der Waals surface area contributed by atoms with Gasteiger partial charge in [-0.05, 0) is 18.7 Å². The maximum Gasteiger partial charge on any atom is 0.185 e. The first-order valence-corrected chi connectivity index (χ1v) is 5.02. The molecule has 2 aromatic rings. The van der Waals surface area contributed by atoms with Gasteiger partial charge >= 0.3 is 0 Å². The van der Waals surface area contributed by atoms with Crippen LogP contribution in [0.3, 0.4) is 0 Å². The average Bonchev–Trinajstić information content (AvgIpc) is 2.80. The van der Waals surface area contributed by atoms with Crippen molar-refractivity contribution in [3.8, 4) is 5.69 Å². The standard InChI is InChI=1S/C11H12N4O/c12-7-6-11(16)10-8-15(14-13-10)9-4-2-1-3-5-9/h1-5,8H,6-7,12H2. The van der Waals surface area contributed by atoms with Gasteiger partial charge in [0.1, 0.15) is 5.69 Å². The second-order valence-corrected chi connectivity index (χ2v) is 3.35. The highest BCUT2D eigenvalue weighted by Gasteiger charge is 2.09. The van der Waals surface area contributed by atoms with E-state index in [4.69, 9.17) is 5.73 Å². The molecule has 0 unspecified atom stereocenters. The van der Waals surface area contributed by atoms with Crippen molar-refractivity contribution in [2.75, 3.05) is 6.54 Å². The van der Waals surface area contributed by atoms with Crippen LogP contribution < -0.4 is 5.73 Å². The van der Waals surface area contributed by atoms with Crippen LogP contribution in [-0.2, 0) is 0 Å². The van der Waals surface area contributed by atoms with Crippen LogP contribution in [0.15, 0.2) is 36.5 Å². The molecule has 0 amide bonds. The Bertz CT molecular complexity index is 478. The fourth-order valence-corrected chi connectivity index (χ4v) is 1.36. The molecule has 5 nitrogen and oxygen atoms in total. The third kappa shape index (κ3) is 2.14. The summed E-state index contributed by atoms with van der Waals surface area (Å²) in [6.07, 6.45) is 1.92. The molecule has 0 bridgehead atoms. The van der Waals surface area contributed by atoms with E-state index >= 15 is 0 Å². The summed E-state index contributed by atoms with van der Waals surface area (Å²) in [5.74, 6) is -0.0790. The SMILES string of the molecule is NCCC(=O)c1cn(-c2ccccc2)nn1. The van der Waals surface area contributed by atoms with E-state index in [0.717, 1.165) is 5.69 Å². The lowest BCUT2D eigenvalue weighted by Gasteiger charge is -1.97. The number of nitrogens with zero attached hydrogens (tertiary/aromatic N) is 3. The molecule has 0 saturated carbocycles. The van der Waals surface area contributed by atoms with E-state index < -0.39 is 0 Å². The van der Waals surface area contributed by atoms with Crippen molar-refractivity contribution in [3.63, 3.8) is 0 Å². The Hall–Kier alpha value is -2.01. The predicted octanol–water partition coefficient (Wildman–Crippen LogP) is 0.799. The maximum absolute atomic E-state index is 11.5. The molecule has 0 radical (unpaired) electrons. The van der Waals surface area contributed by atoms with Crippen LogP contribution in [0.5, 0.6) is 0 Å². The van der Waals surface area contributed by atoms with E-state index in [1.807, 2.05) is 30.3 Å². The molecule has 1 aromatic heterocycles. The fourth-order valence-electron chi connectivity index (χ4n) is 1.36. The quantitative estimate of drug-likeness (QED) is 0.767. The normalized spacial score (nSPS) is 10.3. The van der Waals surface area contributed by atoms with Crippen molar-refractivity contribution in [3.05, 3.63) is 42.2 Å². The number of carbonyl (C=O) groups is 1. The highest BCUT2D eigenvalue weighted by atomic mass is 16.1. The molecule has 0 saturated heterocycles. The van der Waals surface area contributed by atoms with Crippen LogP contribution in [-0.4, -0.2) is 27.3 Å². The highest BCUT2D eigenvalue weighted by molar-refractivity contribution is 5.94. The van der Waals surface area contributed by atoms with Gasteiger partial charge in [-0.25, -0.2) is 4.68 Å². The van der Waals surface area contributed by atoms with Gasteiger partial charge in [-0.2, -0.15) is 0 Å². The van der Waals surface area contributed by atoms with Gasteiger partial charge in [-0.1, -0.05) is 23.4 Å². The van der Waals surface area contributed by atoms with Crippen LogP contribution in [0.1, 0.15) is 16.9 Å². The zero-order valence-corrected chi connectivity index (χ0v) is 8.71. The minimum Gasteiger partial charge on any atom is -0.330 e. The Morgan fingerprint density at radius 1 is 1.31 bits per heavy atom. The topological polar surface area (TPSA) is 73.8 Å². The van der Waals surface area contributed by atoms with Gasteiger partial charge in [0.25, 0.3) is 0 Å². The summed E-state index contributed by atoms with van der Waals surface area (Å²) in [6, 6.07) is 9.51. The Morgan fingerprint density at radius 2 is 2.06 bits per heavy atom. The molecule has 2 rings (SSSR count). The largest absolute Gasteiger partial charge is 0.330 e. The first-order valence-electron chi connectivity index (χ1n) is 5.02. The van der Waals surface area contributed by atoms with Crippen molar-refractivity contribution in [2.24, 2.45) is 5.73 Å². The summed E-state index contributed by atoms with van der Waals surface area (Å²) in [6.45, 7) is 0.330. The summed E-state index contributed by atoms with van der Waals surface area (Å²) in [5.41, 5.74) is 6.54.